The molecule has 1 saturated heterocycles. The van der Waals surface area contributed by atoms with E-state index in [1.54, 1.807) is 19.1 Å². The molecule has 0 saturated carbocycles. The molecule has 172 valence electrons. The van der Waals surface area contributed by atoms with E-state index in [-0.39, 0.29) is 18.0 Å². The van der Waals surface area contributed by atoms with Crippen molar-refractivity contribution in [2.45, 2.75) is 32.9 Å². The van der Waals surface area contributed by atoms with Gasteiger partial charge in [0.1, 0.15) is 5.82 Å². The molecule has 9 nitrogen and oxygen atoms in total. The number of likely N-dealkylation sites (N-methyl/N-ethyl adjacent to an activating group) is 1. The number of amides is 1. The number of nitrogens with one attached hydrogen (secondary N) is 2. The van der Waals surface area contributed by atoms with E-state index in [1.165, 1.54) is 10.7 Å². The van der Waals surface area contributed by atoms with Gasteiger partial charge >= 0.3 is 6.09 Å². The first kappa shape index (κ1) is 22.2. The van der Waals surface area contributed by atoms with Crippen molar-refractivity contribution in [3.63, 3.8) is 0 Å². The van der Waals surface area contributed by atoms with Gasteiger partial charge in [0.2, 0.25) is 0 Å². The Labute approximate surface area is 186 Å². The lowest BCUT2D eigenvalue weighted by molar-refractivity contribution is 0.102. The number of fused-ring (bicyclic) bond motifs is 1. The quantitative estimate of drug-likeness (QED) is 0.748. The number of hydrogen-bond donors (Lipinski definition) is 2. The molecular formula is C22H29FN6O3. The molecule has 1 aromatic carbocycles. The van der Waals surface area contributed by atoms with Crippen LogP contribution in [0.3, 0.4) is 0 Å². The Morgan fingerprint density at radius 2 is 1.97 bits per heavy atom. The number of hydrogen-bond acceptors (Lipinski definition) is 7. The zero-order chi connectivity index (χ0) is 23.0. The van der Waals surface area contributed by atoms with Gasteiger partial charge in [-0.05, 0) is 46.0 Å². The molecule has 0 spiro atoms. The first-order chi connectivity index (χ1) is 15.2. The average molecular weight is 445 g/mol. The summed E-state index contributed by atoms with van der Waals surface area (Å²) in [6, 6.07) is 4.49. The lowest BCUT2D eigenvalue weighted by Crippen LogP contribution is -2.44. The lowest BCUT2D eigenvalue weighted by Gasteiger charge is -2.34. The number of carbonyl (C=O) groups excluding carboxylic acids is 2. The molecule has 2 aliphatic rings. The van der Waals surface area contributed by atoms with Crippen LogP contribution < -0.4 is 15.5 Å². The molecule has 1 fully saturated rings. The second-order valence-corrected chi connectivity index (χ2v) is 8.68. The van der Waals surface area contributed by atoms with Gasteiger partial charge in [-0.1, -0.05) is 0 Å². The molecule has 10 heteroatoms. The van der Waals surface area contributed by atoms with E-state index in [0.717, 1.165) is 26.2 Å². The summed E-state index contributed by atoms with van der Waals surface area (Å²) < 4.78 is 21.1. The summed E-state index contributed by atoms with van der Waals surface area (Å²) in [6.45, 7) is 9.41. The maximum absolute atomic E-state index is 14.8. The van der Waals surface area contributed by atoms with Crippen molar-refractivity contribution in [2.24, 2.45) is 0 Å². The van der Waals surface area contributed by atoms with Crippen LogP contribution in [0.5, 0.6) is 0 Å². The molecule has 0 radical (unpaired) electrons. The van der Waals surface area contributed by atoms with Crippen LogP contribution >= 0.6 is 0 Å². The Kier molecular flexibility index (Phi) is 5.91. The maximum Gasteiger partial charge on any atom is 0.435 e. The number of benzene rings is 1. The van der Waals surface area contributed by atoms with Gasteiger partial charge in [-0.3, -0.25) is 4.79 Å². The minimum absolute atomic E-state index is 0.185. The van der Waals surface area contributed by atoms with Crippen molar-refractivity contribution >= 4 is 23.5 Å². The fourth-order valence-electron chi connectivity index (χ4n) is 4.20. The number of halogens is 1. The van der Waals surface area contributed by atoms with Crippen LogP contribution in [0.15, 0.2) is 18.2 Å². The Morgan fingerprint density at radius 3 is 2.62 bits per heavy atom. The molecule has 2 aliphatic heterocycles. The highest BCUT2D eigenvalue weighted by molar-refractivity contribution is 6.04. The van der Waals surface area contributed by atoms with E-state index < -0.39 is 23.4 Å². The van der Waals surface area contributed by atoms with Gasteiger partial charge < -0.3 is 25.2 Å². The third-order valence-electron chi connectivity index (χ3n) is 6.01. The van der Waals surface area contributed by atoms with Gasteiger partial charge in [-0.2, -0.15) is 4.68 Å². The van der Waals surface area contributed by atoms with E-state index in [0.29, 0.717) is 23.5 Å². The van der Waals surface area contributed by atoms with E-state index in [2.05, 4.69) is 20.6 Å². The zero-order valence-corrected chi connectivity index (χ0v) is 18.9. The topological polar surface area (TPSA) is 91.7 Å². The largest absolute Gasteiger partial charge is 0.448 e. The SMILES string of the molecule is CCOC(=O)n1nc(NC(=O)c2ccc(N3CCN(C)CC3)c(F)c2)c2c1C(C)(C)NC2. The summed E-state index contributed by atoms with van der Waals surface area (Å²) in [6.07, 6.45) is -0.608. The van der Waals surface area contributed by atoms with Gasteiger partial charge in [0, 0.05) is 43.9 Å². The first-order valence-corrected chi connectivity index (χ1v) is 10.8. The van der Waals surface area contributed by atoms with Gasteiger partial charge in [0.25, 0.3) is 5.91 Å². The molecule has 2 aromatic rings. The van der Waals surface area contributed by atoms with E-state index in [4.69, 9.17) is 4.74 Å². The lowest BCUT2D eigenvalue weighted by atomic mass is 10.0. The van der Waals surface area contributed by atoms with Gasteiger partial charge in [-0.15, -0.1) is 5.10 Å². The zero-order valence-electron chi connectivity index (χ0n) is 18.9. The summed E-state index contributed by atoms with van der Waals surface area (Å²) in [7, 11) is 2.04. The van der Waals surface area contributed by atoms with Gasteiger partial charge in [0.15, 0.2) is 5.82 Å². The summed E-state index contributed by atoms with van der Waals surface area (Å²) >= 11 is 0. The smallest absolute Gasteiger partial charge is 0.435 e. The standard InChI is InChI=1S/C22H29FN6O3/c1-5-32-21(31)29-18-15(13-24-22(18,2)3)19(26-29)25-20(30)14-6-7-17(16(23)12-14)28-10-8-27(4)9-11-28/h6-7,12,24H,5,8-11,13H2,1-4H3,(H,25,26,30). The predicted molar refractivity (Wildman–Crippen MR) is 119 cm³/mol. The fourth-order valence-corrected chi connectivity index (χ4v) is 4.20. The number of nitrogens with zero attached hydrogens (tertiary/aromatic N) is 4. The molecular weight excluding hydrogens is 415 g/mol. The molecule has 1 amide bonds. The van der Waals surface area contributed by atoms with Crippen LogP contribution in [0.4, 0.5) is 20.7 Å². The number of carbonyl (C=O) groups is 2. The summed E-state index contributed by atoms with van der Waals surface area (Å²) in [4.78, 5) is 29.5. The Balaban J connectivity index is 1.56. The number of rotatable bonds is 4. The third kappa shape index (κ3) is 4.07. The van der Waals surface area contributed by atoms with E-state index >= 15 is 0 Å². The van der Waals surface area contributed by atoms with Gasteiger partial charge in [0.05, 0.1) is 23.5 Å². The van der Waals surface area contributed by atoms with Crippen LogP contribution in [0.1, 0.15) is 42.4 Å². The Bertz CT molecular complexity index is 1040. The normalized spacial score (nSPS) is 17.8. The fraction of sp³-hybridized carbons (Fsp3) is 0.500. The molecule has 0 atom stereocenters. The van der Waals surface area contributed by atoms with Crippen molar-refractivity contribution in [2.75, 3.05) is 50.1 Å². The predicted octanol–water partition coefficient (Wildman–Crippen LogP) is 2.37. The number of aromatic nitrogens is 2. The average Bonchev–Trinajstić information content (AvgIpc) is 3.27. The summed E-state index contributed by atoms with van der Waals surface area (Å²) in [5.74, 6) is -0.665. The second kappa shape index (κ2) is 8.51. The first-order valence-electron chi connectivity index (χ1n) is 10.8. The van der Waals surface area contributed by atoms with Crippen LogP contribution in [0.2, 0.25) is 0 Å². The highest BCUT2D eigenvalue weighted by atomic mass is 19.1. The minimum atomic E-state index is -0.608. The Hall–Kier alpha value is -2.98. The summed E-state index contributed by atoms with van der Waals surface area (Å²) in [5.41, 5.74) is 1.51. The summed E-state index contributed by atoms with van der Waals surface area (Å²) in [5, 5.41) is 10.3. The molecule has 4 rings (SSSR count). The van der Waals surface area contributed by atoms with Crippen molar-refractivity contribution in [1.82, 2.24) is 20.0 Å². The molecule has 0 bridgehead atoms. The maximum atomic E-state index is 14.8. The van der Waals surface area contributed by atoms with Crippen molar-refractivity contribution in [1.29, 1.82) is 0 Å². The second-order valence-electron chi connectivity index (χ2n) is 8.68. The van der Waals surface area contributed by atoms with Gasteiger partial charge in [-0.25, -0.2) is 9.18 Å². The highest BCUT2D eigenvalue weighted by Crippen LogP contribution is 2.35. The molecule has 0 unspecified atom stereocenters. The number of anilines is 2. The Morgan fingerprint density at radius 1 is 1.25 bits per heavy atom. The number of piperazine rings is 1. The van der Waals surface area contributed by atoms with Crippen LogP contribution in [-0.2, 0) is 16.8 Å². The molecule has 1 aromatic heterocycles. The van der Waals surface area contributed by atoms with Crippen molar-refractivity contribution in [3.05, 3.63) is 40.8 Å². The van der Waals surface area contributed by atoms with E-state index in [9.17, 15) is 14.0 Å². The monoisotopic (exact) mass is 444 g/mol. The van der Waals surface area contributed by atoms with Crippen LogP contribution in [-0.4, -0.2) is 66.5 Å². The van der Waals surface area contributed by atoms with Crippen LogP contribution in [0, 0.1) is 5.82 Å². The molecule has 2 N–H and O–H groups in total. The number of ether oxygens (including phenoxy) is 1. The molecule has 0 aliphatic carbocycles. The third-order valence-corrected chi connectivity index (χ3v) is 6.01. The highest BCUT2D eigenvalue weighted by Gasteiger charge is 2.39. The van der Waals surface area contributed by atoms with E-state index in [1.807, 2.05) is 25.8 Å². The van der Waals surface area contributed by atoms with Crippen LogP contribution in [0.25, 0.3) is 0 Å². The minimum Gasteiger partial charge on any atom is -0.448 e. The molecule has 32 heavy (non-hydrogen) atoms. The van der Waals surface area contributed by atoms with Crippen molar-refractivity contribution < 1.29 is 18.7 Å². The molecule has 3 heterocycles. The van der Waals surface area contributed by atoms with Crippen molar-refractivity contribution in [3.8, 4) is 0 Å².